The van der Waals surface area contributed by atoms with E-state index < -0.39 is 6.10 Å². The lowest BCUT2D eigenvalue weighted by Gasteiger charge is -1.86. The zero-order valence-corrected chi connectivity index (χ0v) is 9.32. The number of aliphatic hydroxyl groups excluding tert-OH is 1. The molecule has 16 heavy (non-hydrogen) atoms. The van der Waals surface area contributed by atoms with Gasteiger partial charge in [-0.2, -0.15) is 0 Å². The number of hydrogen-bond acceptors (Lipinski definition) is 1. The van der Waals surface area contributed by atoms with Gasteiger partial charge in [0.15, 0.2) is 0 Å². The third-order valence-electron chi connectivity index (χ3n) is 1.54. The van der Waals surface area contributed by atoms with Gasteiger partial charge in [0.2, 0.25) is 0 Å². The minimum atomic E-state index is -0.794. The van der Waals surface area contributed by atoms with Crippen molar-refractivity contribution in [3.8, 4) is 23.7 Å². The third-order valence-corrected chi connectivity index (χ3v) is 1.54. The maximum absolute atomic E-state index is 8.98. The Kier molecular flexibility index (Phi) is 9.75. The van der Waals surface area contributed by atoms with E-state index in [4.69, 9.17) is 5.11 Å². The third kappa shape index (κ3) is 10.1. The molecule has 0 saturated carbocycles. The van der Waals surface area contributed by atoms with E-state index in [9.17, 15) is 0 Å². The fourth-order valence-electron chi connectivity index (χ4n) is 0.739. The summed E-state index contributed by atoms with van der Waals surface area (Å²) >= 11 is 0. The van der Waals surface area contributed by atoms with Crippen molar-refractivity contribution in [3.63, 3.8) is 0 Å². The van der Waals surface area contributed by atoms with Crippen molar-refractivity contribution < 1.29 is 5.11 Å². The summed E-state index contributed by atoms with van der Waals surface area (Å²) in [7, 11) is 0. The van der Waals surface area contributed by atoms with Crippen LogP contribution in [0.3, 0.4) is 0 Å². The minimum Gasteiger partial charge on any atom is -0.377 e. The number of rotatable bonds is 5. The summed E-state index contributed by atoms with van der Waals surface area (Å²) in [6.45, 7) is 7.03. The fraction of sp³-hybridized carbons (Fsp3) is 0.200. The Hall–Kier alpha value is -1.96. The van der Waals surface area contributed by atoms with Gasteiger partial charge in [0.1, 0.15) is 6.10 Å². The molecule has 0 aromatic heterocycles. The summed E-state index contributed by atoms with van der Waals surface area (Å²) in [5.41, 5.74) is 0. The van der Waals surface area contributed by atoms with Crippen LogP contribution in [0.5, 0.6) is 0 Å². The molecule has 0 aliphatic rings. The number of allylic oxidation sites excluding steroid dienone is 5. The van der Waals surface area contributed by atoms with E-state index >= 15 is 0 Å². The monoisotopic (exact) mass is 212 g/mol. The van der Waals surface area contributed by atoms with E-state index in [1.54, 1.807) is 6.08 Å². The molecule has 0 aromatic carbocycles. The van der Waals surface area contributed by atoms with E-state index in [2.05, 4.69) is 36.8 Å². The summed E-state index contributed by atoms with van der Waals surface area (Å²) in [4.78, 5) is 0. The van der Waals surface area contributed by atoms with Crippen molar-refractivity contribution in [1.29, 1.82) is 0 Å². The van der Waals surface area contributed by atoms with Crippen LogP contribution in [-0.2, 0) is 0 Å². The largest absolute Gasteiger partial charge is 0.377 e. The molecule has 0 saturated heterocycles. The van der Waals surface area contributed by atoms with Crippen LogP contribution < -0.4 is 0 Å². The van der Waals surface area contributed by atoms with E-state index in [0.717, 1.165) is 12.8 Å². The van der Waals surface area contributed by atoms with Crippen molar-refractivity contribution in [2.24, 2.45) is 0 Å². The van der Waals surface area contributed by atoms with Crippen LogP contribution in [0.15, 0.2) is 49.6 Å². The van der Waals surface area contributed by atoms with Crippen molar-refractivity contribution in [1.82, 2.24) is 0 Å². The molecular formula is C15H16O. The van der Waals surface area contributed by atoms with Gasteiger partial charge in [-0.25, -0.2) is 0 Å². The van der Waals surface area contributed by atoms with Crippen LogP contribution >= 0.6 is 0 Å². The van der Waals surface area contributed by atoms with Crippen molar-refractivity contribution in [2.75, 3.05) is 0 Å². The van der Waals surface area contributed by atoms with Crippen LogP contribution in [0.4, 0.5) is 0 Å². The molecular weight excluding hydrogens is 196 g/mol. The highest BCUT2D eigenvalue weighted by Gasteiger charge is 1.83. The average molecular weight is 212 g/mol. The van der Waals surface area contributed by atoms with E-state index in [1.807, 2.05) is 24.3 Å². The molecule has 0 amide bonds. The second kappa shape index (κ2) is 11.1. The van der Waals surface area contributed by atoms with Gasteiger partial charge in [0, 0.05) is 0 Å². The molecule has 0 bridgehead atoms. The van der Waals surface area contributed by atoms with Crippen molar-refractivity contribution in [3.05, 3.63) is 49.6 Å². The fourth-order valence-corrected chi connectivity index (χ4v) is 0.739. The molecule has 0 spiro atoms. The molecule has 0 fully saturated rings. The first-order valence-electron chi connectivity index (χ1n) is 5.05. The maximum Gasteiger partial charge on any atom is 0.134 e. The Morgan fingerprint density at radius 2 is 1.94 bits per heavy atom. The van der Waals surface area contributed by atoms with Crippen molar-refractivity contribution in [2.45, 2.75) is 18.9 Å². The molecule has 0 heterocycles. The van der Waals surface area contributed by atoms with Crippen LogP contribution in [-0.4, -0.2) is 11.2 Å². The lowest BCUT2D eigenvalue weighted by atomic mass is 10.3. The highest BCUT2D eigenvalue weighted by Crippen LogP contribution is 1.90. The standard InChI is InChI=1S/C15H16O/c1-3-5-6-7-8-9-10-11-12-13-14-15(16)4-2/h3-4,7-10,15-16H,1-2,5-6H2/b8-7+,10-9+. The van der Waals surface area contributed by atoms with Gasteiger partial charge < -0.3 is 5.11 Å². The minimum absolute atomic E-state index is 0.794. The number of hydrogen-bond donors (Lipinski definition) is 1. The molecule has 0 radical (unpaired) electrons. The van der Waals surface area contributed by atoms with Crippen LogP contribution in [0.25, 0.3) is 0 Å². The summed E-state index contributed by atoms with van der Waals surface area (Å²) < 4.78 is 0. The number of unbranched alkanes of at least 4 members (excludes halogenated alkanes) is 1. The molecule has 0 aliphatic carbocycles. The quantitative estimate of drug-likeness (QED) is 0.321. The van der Waals surface area contributed by atoms with Crippen LogP contribution in [0.2, 0.25) is 0 Å². The highest BCUT2D eigenvalue weighted by molar-refractivity contribution is 5.33. The molecule has 1 heteroatoms. The lowest BCUT2D eigenvalue weighted by molar-refractivity contribution is 0.281. The Morgan fingerprint density at radius 3 is 2.62 bits per heavy atom. The maximum atomic E-state index is 8.98. The first-order valence-corrected chi connectivity index (χ1v) is 5.05. The van der Waals surface area contributed by atoms with Gasteiger partial charge >= 0.3 is 0 Å². The predicted molar refractivity (Wildman–Crippen MR) is 69.5 cm³/mol. The topological polar surface area (TPSA) is 20.2 Å². The second-order valence-corrected chi connectivity index (χ2v) is 2.87. The zero-order valence-electron chi connectivity index (χ0n) is 9.32. The van der Waals surface area contributed by atoms with Gasteiger partial charge in [0.25, 0.3) is 0 Å². The smallest absolute Gasteiger partial charge is 0.134 e. The number of aliphatic hydroxyl groups is 1. The lowest BCUT2D eigenvalue weighted by Crippen LogP contribution is -1.94. The van der Waals surface area contributed by atoms with Gasteiger partial charge in [-0.15, -0.1) is 6.58 Å². The second-order valence-electron chi connectivity index (χ2n) is 2.87. The normalized spacial score (nSPS) is 11.3. The molecule has 1 nitrogen and oxygen atoms in total. The van der Waals surface area contributed by atoms with E-state index in [1.165, 1.54) is 6.08 Å². The Labute approximate surface area is 97.9 Å². The summed E-state index contributed by atoms with van der Waals surface area (Å²) in [5.74, 6) is 10.4. The van der Waals surface area contributed by atoms with Crippen LogP contribution in [0, 0.1) is 23.7 Å². The first kappa shape index (κ1) is 14.0. The molecule has 82 valence electrons. The predicted octanol–water partition coefficient (Wildman–Crippen LogP) is 2.62. The Morgan fingerprint density at radius 1 is 1.12 bits per heavy atom. The molecule has 1 N–H and O–H groups in total. The van der Waals surface area contributed by atoms with E-state index in [-0.39, 0.29) is 0 Å². The SMILES string of the molecule is C=CCC/C=C/C=C/C#CC#CC(O)C=C. The van der Waals surface area contributed by atoms with Crippen molar-refractivity contribution >= 4 is 0 Å². The Bertz CT molecular complexity index is 377. The molecule has 0 aromatic rings. The van der Waals surface area contributed by atoms with Gasteiger partial charge in [-0.3, -0.25) is 0 Å². The van der Waals surface area contributed by atoms with Crippen LogP contribution in [0.1, 0.15) is 12.8 Å². The molecule has 0 rings (SSSR count). The summed E-state index contributed by atoms with van der Waals surface area (Å²) in [5, 5.41) is 8.98. The van der Waals surface area contributed by atoms with E-state index in [0.29, 0.717) is 0 Å². The highest BCUT2D eigenvalue weighted by atomic mass is 16.3. The molecule has 0 aliphatic heterocycles. The van der Waals surface area contributed by atoms with Gasteiger partial charge in [0.05, 0.1) is 0 Å². The summed E-state index contributed by atoms with van der Waals surface area (Å²) in [6.07, 6.45) is 12.0. The zero-order chi connectivity index (χ0) is 12.1. The Balaban J connectivity index is 3.85. The molecule has 1 atom stereocenters. The first-order chi connectivity index (χ1) is 7.81. The van der Waals surface area contributed by atoms with Gasteiger partial charge in [-0.05, 0) is 30.8 Å². The summed E-state index contributed by atoms with van der Waals surface area (Å²) in [6, 6.07) is 0. The van der Waals surface area contributed by atoms with Gasteiger partial charge in [-0.1, -0.05) is 48.8 Å². The molecule has 1 unspecified atom stereocenters. The average Bonchev–Trinajstić information content (AvgIpc) is 2.31.